The molecule has 2 amide bonds. The minimum absolute atomic E-state index is 0.0846. The lowest BCUT2D eigenvalue weighted by atomic mass is 10.1. The fourth-order valence-electron chi connectivity index (χ4n) is 1.41. The topological polar surface area (TPSA) is 168 Å². The van der Waals surface area contributed by atoms with E-state index in [0.717, 1.165) is 0 Å². The molecule has 0 aromatic rings. The standard InChI is InChI=1S/C10H16N4O7S2/c15-7(2-1-6(10(19)20)14(23)13-21)12-5(4-22)9(18)11-3-8(16)17/h5-6,21-22H,1-4H2,(H,11,18)(H,12,15)(H,16,17)(H,19,20)/t5-,6-/m0/s1. The number of rotatable bonds is 10. The second kappa shape index (κ2) is 10.6. The van der Waals surface area contributed by atoms with Gasteiger partial charge in [0.25, 0.3) is 6.04 Å². The largest absolute Gasteiger partial charge is 0.480 e. The Morgan fingerprint density at radius 3 is 2.30 bits per heavy atom. The van der Waals surface area contributed by atoms with Crippen LogP contribution >= 0.6 is 12.6 Å². The number of carbonyl (C=O) groups excluding carboxylic acids is 2. The molecular weight excluding hydrogens is 352 g/mol. The van der Waals surface area contributed by atoms with Crippen molar-refractivity contribution < 1.29 is 38.7 Å². The number of amides is 2. The molecule has 0 aliphatic carbocycles. The zero-order valence-electron chi connectivity index (χ0n) is 11.7. The molecule has 0 aliphatic rings. The molecule has 0 saturated carbocycles. The fraction of sp³-hybridized carbons (Fsp3) is 0.600. The number of thiol groups is 1. The second-order valence-electron chi connectivity index (χ2n) is 4.20. The molecule has 130 valence electrons. The average molecular weight is 368 g/mol. The van der Waals surface area contributed by atoms with Crippen molar-refractivity contribution in [3.63, 3.8) is 0 Å². The van der Waals surface area contributed by atoms with Crippen LogP contribution in [-0.2, 0) is 32.0 Å². The molecule has 0 aromatic heterocycles. The average Bonchev–Trinajstić information content (AvgIpc) is 2.49. The summed E-state index contributed by atoms with van der Waals surface area (Å²) in [4.78, 5) is 44.6. The molecule has 0 saturated heterocycles. The number of carboxylic acids is 2. The third kappa shape index (κ3) is 8.15. The fourth-order valence-corrected chi connectivity index (χ4v) is 1.86. The lowest BCUT2D eigenvalue weighted by Gasteiger charge is -2.16. The molecule has 0 bridgehead atoms. The number of hydrogen-bond donors (Lipinski definition) is 6. The van der Waals surface area contributed by atoms with E-state index < -0.39 is 42.4 Å². The van der Waals surface area contributed by atoms with E-state index in [-0.39, 0.29) is 18.6 Å². The number of nitrogens with zero attached hydrogens (tertiary/aromatic N) is 2. The summed E-state index contributed by atoms with van der Waals surface area (Å²) in [5.74, 6) is -4.11. The SMILES string of the molecule is O=C(O)CNC(=O)[C@H](CS)NC(=O)CC[C@@H](C(=O)O)[N+]([S-])=NO. The molecule has 13 heteroatoms. The normalized spacial score (nSPS) is 13.7. The molecule has 0 rings (SSSR count). The van der Waals surface area contributed by atoms with E-state index in [1.165, 1.54) is 0 Å². The Hall–Kier alpha value is -2.15. The van der Waals surface area contributed by atoms with E-state index in [1.807, 2.05) is 0 Å². The lowest BCUT2D eigenvalue weighted by molar-refractivity contribution is -0.488. The Kier molecular flexibility index (Phi) is 9.57. The maximum absolute atomic E-state index is 11.7. The summed E-state index contributed by atoms with van der Waals surface area (Å²) in [7, 11) is 0. The molecule has 0 heterocycles. The van der Waals surface area contributed by atoms with E-state index >= 15 is 0 Å². The molecule has 2 atom stereocenters. The van der Waals surface area contributed by atoms with Crippen molar-refractivity contribution in [1.29, 1.82) is 0 Å². The first kappa shape index (κ1) is 20.9. The van der Waals surface area contributed by atoms with E-state index in [1.54, 1.807) is 0 Å². The number of hydrogen-bond acceptors (Lipinski definition) is 7. The van der Waals surface area contributed by atoms with Crippen LogP contribution in [0.4, 0.5) is 0 Å². The Morgan fingerprint density at radius 1 is 1.26 bits per heavy atom. The van der Waals surface area contributed by atoms with Gasteiger partial charge in [-0.2, -0.15) is 16.7 Å². The van der Waals surface area contributed by atoms with Crippen LogP contribution in [0.2, 0.25) is 0 Å². The summed E-state index contributed by atoms with van der Waals surface area (Å²) in [5, 5.41) is 32.7. The third-order valence-corrected chi connectivity index (χ3v) is 3.23. The Labute approximate surface area is 141 Å². The number of carboxylic acid groups (broad SMARTS) is 2. The van der Waals surface area contributed by atoms with Crippen LogP contribution in [0.1, 0.15) is 12.8 Å². The molecule has 0 spiro atoms. The quantitative estimate of drug-likeness (QED) is 0.0858. The second-order valence-corrected chi connectivity index (χ2v) is 4.94. The van der Waals surface area contributed by atoms with E-state index in [2.05, 4.69) is 41.4 Å². The highest BCUT2D eigenvalue weighted by Crippen LogP contribution is 2.03. The van der Waals surface area contributed by atoms with Gasteiger partial charge in [-0.05, 0) is 0 Å². The number of aliphatic carboxylic acids is 2. The predicted octanol–water partition coefficient (Wildman–Crippen LogP) is -1.85. The molecule has 0 unspecified atom stereocenters. The highest BCUT2D eigenvalue weighted by atomic mass is 32.1. The van der Waals surface area contributed by atoms with E-state index in [4.69, 9.17) is 15.4 Å². The molecule has 0 fully saturated rings. The van der Waals surface area contributed by atoms with Crippen LogP contribution in [0.15, 0.2) is 5.28 Å². The monoisotopic (exact) mass is 368 g/mol. The summed E-state index contributed by atoms with van der Waals surface area (Å²) in [6.07, 6.45) is -0.569. The maximum Gasteiger partial charge on any atom is 0.374 e. The van der Waals surface area contributed by atoms with Crippen LogP contribution in [0.25, 0.3) is 0 Å². The first-order chi connectivity index (χ1) is 10.7. The van der Waals surface area contributed by atoms with Crippen LogP contribution < -0.4 is 10.6 Å². The van der Waals surface area contributed by atoms with Gasteiger partial charge in [0.15, 0.2) is 5.28 Å². The molecule has 5 N–H and O–H groups in total. The van der Waals surface area contributed by atoms with Gasteiger partial charge in [-0.25, -0.2) is 4.79 Å². The van der Waals surface area contributed by atoms with Gasteiger partial charge in [0.05, 0.1) is 0 Å². The molecular formula is C10H16N4O7S2. The molecule has 0 aliphatic heterocycles. The molecule has 0 aromatic carbocycles. The number of carbonyl (C=O) groups is 4. The third-order valence-electron chi connectivity index (χ3n) is 2.53. The Balaban J connectivity index is 4.52. The van der Waals surface area contributed by atoms with Crippen molar-refractivity contribution >= 4 is 49.2 Å². The van der Waals surface area contributed by atoms with Gasteiger partial charge in [0.2, 0.25) is 11.8 Å². The zero-order valence-corrected chi connectivity index (χ0v) is 13.4. The van der Waals surface area contributed by atoms with E-state index in [9.17, 15) is 19.2 Å². The van der Waals surface area contributed by atoms with Gasteiger partial charge in [-0.1, -0.05) is 0 Å². The first-order valence-electron chi connectivity index (χ1n) is 6.16. The zero-order chi connectivity index (χ0) is 18.0. The van der Waals surface area contributed by atoms with Crippen molar-refractivity contribution in [2.24, 2.45) is 5.28 Å². The minimum atomic E-state index is -1.39. The number of nitrogens with one attached hydrogen (secondary N) is 2. The first-order valence-corrected chi connectivity index (χ1v) is 7.16. The Morgan fingerprint density at radius 2 is 1.87 bits per heavy atom. The maximum atomic E-state index is 11.7. The van der Waals surface area contributed by atoms with Crippen molar-refractivity contribution in [3.8, 4) is 0 Å². The van der Waals surface area contributed by atoms with Crippen LogP contribution in [0.5, 0.6) is 0 Å². The minimum Gasteiger partial charge on any atom is -0.480 e. The van der Waals surface area contributed by atoms with Crippen LogP contribution in [-0.4, -0.2) is 67.7 Å². The van der Waals surface area contributed by atoms with Gasteiger partial charge in [0, 0.05) is 18.6 Å². The van der Waals surface area contributed by atoms with Gasteiger partial charge >= 0.3 is 11.9 Å². The van der Waals surface area contributed by atoms with Gasteiger partial charge in [0.1, 0.15) is 12.6 Å². The summed E-state index contributed by atoms with van der Waals surface area (Å²) < 4.78 is 0.366. The highest BCUT2D eigenvalue weighted by Gasteiger charge is 2.27. The summed E-state index contributed by atoms with van der Waals surface area (Å²) in [6, 6.07) is -2.47. The Bertz CT molecular complexity index is 500. The van der Waals surface area contributed by atoms with Crippen molar-refractivity contribution in [3.05, 3.63) is 0 Å². The predicted molar refractivity (Wildman–Crippen MR) is 78.9 cm³/mol. The molecule has 23 heavy (non-hydrogen) atoms. The summed E-state index contributed by atoms with van der Waals surface area (Å²) in [5.41, 5.74) is 0. The molecule has 11 nitrogen and oxygen atoms in total. The summed E-state index contributed by atoms with van der Waals surface area (Å²) >= 11 is 8.34. The van der Waals surface area contributed by atoms with Gasteiger partial charge < -0.3 is 38.9 Å². The lowest BCUT2D eigenvalue weighted by Crippen LogP contribution is -2.49. The van der Waals surface area contributed by atoms with E-state index in [0.29, 0.717) is 4.10 Å². The van der Waals surface area contributed by atoms with Gasteiger partial charge in [-0.3, -0.25) is 14.4 Å². The van der Waals surface area contributed by atoms with Crippen molar-refractivity contribution in [2.45, 2.75) is 24.9 Å². The van der Waals surface area contributed by atoms with Crippen molar-refractivity contribution in [1.82, 2.24) is 10.6 Å². The smallest absolute Gasteiger partial charge is 0.374 e. The van der Waals surface area contributed by atoms with Gasteiger partial charge in [-0.15, -0.1) is 0 Å². The van der Waals surface area contributed by atoms with Crippen LogP contribution in [0.3, 0.4) is 0 Å². The summed E-state index contributed by atoms with van der Waals surface area (Å²) in [6.45, 7) is -0.608. The van der Waals surface area contributed by atoms with Crippen molar-refractivity contribution in [2.75, 3.05) is 12.3 Å². The van der Waals surface area contributed by atoms with Crippen LogP contribution in [0, 0.1) is 0 Å². The molecule has 0 radical (unpaired) electrons. The highest BCUT2D eigenvalue weighted by molar-refractivity contribution is 7.80.